The van der Waals surface area contributed by atoms with Crippen LogP contribution >= 0.6 is 23.8 Å². The van der Waals surface area contributed by atoms with E-state index in [1.165, 1.54) is 12.1 Å². The second-order valence-electron chi connectivity index (χ2n) is 6.27. The van der Waals surface area contributed by atoms with Gasteiger partial charge in [-0.15, -0.1) is 0 Å². The lowest BCUT2D eigenvalue weighted by molar-refractivity contribution is -0.384. The van der Waals surface area contributed by atoms with Crippen LogP contribution in [0.4, 0.5) is 5.69 Å². The zero-order valence-corrected chi connectivity index (χ0v) is 17.1. The van der Waals surface area contributed by atoms with E-state index >= 15 is 0 Å². The molecule has 1 aliphatic heterocycles. The van der Waals surface area contributed by atoms with E-state index in [0.717, 1.165) is 11.1 Å². The molecule has 1 heterocycles. The molecule has 2 aromatic carbocycles. The summed E-state index contributed by atoms with van der Waals surface area (Å²) in [7, 11) is 3.14. The third-order valence-electron chi connectivity index (χ3n) is 4.54. The van der Waals surface area contributed by atoms with E-state index in [1.54, 1.807) is 31.4 Å². The number of benzene rings is 2. The van der Waals surface area contributed by atoms with Crippen molar-refractivity contribution in [3.8, 4) is 11.5 Å². The number of nitro benzene ring substituents is 1. The molecular weight excluding hydrogens is 402 g/mol. The van der Waals surface area contributed by atoms with Crippen LogP contribution in [0.2, 0.25) is 0 Å². The number of hydrogen-bond donors (Lipinski definition) is 0. The van der Waals surface area contributed by atoms with Crippen LogP contribution < -0.4 is 9.47 Å². The molecule has 0 radical (unpaired) electrons. The quantitative estimate of drug-likeness (QED) is 0.244. The van der Waals surface area contributed by atoms with Gasteiger partial charge in [0.2, 0.25) is 0 Å². The molecule has 0 fully saturated rings. The van der Waals surface area contributed by atoms with E-state index in [4.69, 9.17) is 33.3 Å². The van der Waals surface area contributed by atoms with Crippen LogP contribution in [0.5, 0.6) is 11.5 Å². The Kier molecular flexibility index (Phi) is 5.81. The summed E-state index contributed by atoms with van der Waals surface area (Å²) in [5, 5.41) is 17.2. The predicted molar refractivity (Wildman–Crippen MR) is 112 cm³/mol. The van der Waals surface area contributed by atoms with Crippen molar-refractivity contribution in [2.24, 2.45) is 5.10 Å². The maximum atomic E-state index is 11.0. The van der Waals surface area contributed by atoms with E-state index in [1.807, 2.05) is 19.1 Å². The molecule has 1 aliphatic rings. The Balaban J connectivity index is 2.23. The molecule has 0 saturated heterocycles. The fourth-order valence-corrected chi connectivity index (χ4v) is 3.57. The van der Waals surface area contributed by atoms with Gasteiger partial charge in [0.1, 0.15) is 0 Å². The van der Waals surface area contributed by atoms with Gasteiger partial charge in [0, 0.05) is 23.3 Å². The van der Waals surface area contributed by atoms with E-state index in [0.29, 0.717) is 29.2 Å². The molecule has 0 N–H and O–H groups in total. The summed E-state index contributed by atoms with van der Waals surface area (Å²) in [5.74, 6) is 1.17. The van der Waals surface area contributed by atoms with Gasteiger partial charge in [-0.3, -0.25) is 10.1 Å². The van der Waals surface area contributed by atoms with Crippen LogP contribution in [0.3, 0.4) is 0 Å². The molecular formula is C19H18ClN3O4S. The molecule has 0 amide bonds. The number of hydrogen-bond acceptors (Lipinski definition) is 6. The van der Waals surface area contributed by atoms with Crippen molar-refractivity contribution in [3.63, 3.8) is 0 Å². The Morgan fingerprint density at radius 3 is 2.39 bits per heavy atom. The average Bonchev–Trinajstić information content (AvgIpc) is 2.82. The summed E-state index contributed by atoms with van der Waals surface area (Å²) in [4.78, 5) is 10.5. The van der Waals surface area contributed by atoms with Crippen LogP contribution in [0.25, 0.3) is 0 Å². The molecule has 1 atom stereocenters. The topological polar surface area (TPSA) is 77.2 Å². The Hall–Kier alpha value is -2.71. The molecule has 0 aliphatic carbocycles. The maximum Gasteiger partial charge on any atom is 0.269 e. The van der Waals surface area contributed by atoms with Crippen LogP contribution in [-0.2, 0) is 6.42 Å². The van der Waals surface area contributed by atoms with Gasteiger partial charge in [0.05, 0.1) is 30.9 Å². The molecule has 3 rings (SSSR count). The first-order chi connectivity index (χ1) is 13.3. The number of nitro groups is 1. The highest BCUT2D eigenvalue weighted by Gasteiger charge is 2.27. The Labute approximate surface area is 172 Å². The maximum absolute atomic E-state index is 11.0. The third-order valence-corrected chi connectivity index (χ3v) is 4.90. The Morgan fingerprint density at radius 2 is 1.86 bits per heavy atom. The highest BCUT2D eigenvalue weighted by molar-refractivity contribution is 7.83. The van der Waals surface area contributed by atoms with Gasteiger partial charge in [-0.25, -0.2) is 5.01 Å². The lowest BCUT2D eigenvalue weighted by atomic mass is 9.94. The van der Waals surface area contributed by atoms with E-state index in [2.05, 4.69) is 5.10 Å². The van der Waals surface area contributed by atoms with Gasteiger partial charge < -0.3 is 9.47 Å². The van der Waals surface area contributed by atoms with Gasteiger partial charge in [-0.2, -0.15) is 5.10 Å². The normalized spacial score (nSPS) is 15.9. The van der Waals surface area contributed by atoms with Crippen molar-refractivity contribution in [2.45, 2.75) is 19.4 Å². The summed E-state index contributed by atoms with van der Waals surface area (Å²) in [6.07, 6.45) is 0.628. The molecule has 0 saturated carbocycles. The first kappa shape index (κ1) is 20.0. The number of hydrazone groups is 1. The van der Waals surface area contributed by atoms with Crippen LogP contribution in [-0.4, -0.2) is 40.4 Å². The lowest BCUT2D eigenvalue weighted by Gasteiger charge is -2.22. The van der Waals surface area contributed by atoms with Crippen molar-refractivity contribution in [2.75, 3.05) is 14.2 Å². The molecule has 146 valence electrons. The summed E-state index contributed by atoms with van der Waals surface area (Å²) in [6.45, 7) is 1.97. The number of thiocarbonyl (C=S) groups is 1. The van der Waals surface area contributed by atoms with Gasteiger partial charge in [0.15, 0.2) is 15.9 Å². The number of halogens is 1. The molecule has 2 aromatic rings. The number of nitrogens with zero attached hydrogens (tertiary/aromatic N) is 3. The van der Waals surface area contributed by atoms with Gasteiger partial charge in [-0.05, 0) is 55.4 Å². The van der Waals surface area contributed by atoms with E-state index in [-0.39, 0.29) is 16.2 Å². The van der Waals surface area contributed by atoms with Crippen LogP contribution in [0, 0.1) is 10.1 Å². The van der Waals surface area contributed by atoms with Gasteiger partial charge >= 0.3 is 0 Å². The zero-order chi connectivity index (χ0) is 20.4. The molecule has 28 heavy (non-hydrogen) atoms. The number of ether oxygens (including phenoxy) is 2. The fourth-order valence-electron chi connectivity index (χ4n) is 3.14. The van der Waals surface area contributed by atoms with Gasteiger partial charge in [-0.1, -0.05) is 11.6 Å². The van der Waals surface area contributed by atoms with Crippen molar-refractivity contribution >= 4 is 39.7 Å². The minimum atomic E-state index is -0.442. The molecule has 9 heteroatoms. The van der Waals surface area contributed by atoms with Crippen molar-refractivity contribution in [1.29, 1.82) is 0 Å². The largest absolute Gasteiger partial charge is 0.493 e. The Bertz CT molecular complexity index is 962. The summed E-state index contributed by atoms with van der Waals surface area (Å²) in [6, 6.07) is 9.86. The van der Waals surface area contributed by atoms with Crippen molar-refractivity contribution in [3.05, 3.63) is 63.2 Å². The second kappa shape index (κ2) is 8.12. The standard InChI is InChI=1S/C19H18ClN3O4S/c1-11-8-13-9-16(26-2)17(27-3)10-15(13)18(21-22(11)19(20)28)12-4-6-14(7-5-12)23(24)25/h4-7,9-11H,8H2,1-3H3/t11-/m1/s1. The second-order valence-corrected chi connectivity index (χ2v) is 7.24. The third kappa shape index (κ3) is 3.79. The van der Waals surface area contributed by atoms with Crippen molar-refractivity contribution < 1.29 is 14.4 Å². The average molecular weight is 420 g/mol. The minimum absolute atomic E-state index is 0.00333. The first-order valence-corrected chi connectivity index (χ1v) is 9.21. The van der Waals surface area contributed by atoms with Gasteiger partial charge in [0.25, 0.3) is 5.69 Å². The number of fused-ring (bicyclic) bond motifs is 1. The fraction of sp³-hybridized carbons (Fsp3) is 0.263. The summed E-state index contributed by atoms with van der Waals surface area (Å²) in [5.41, 5.74) is 3.11. The summed E-state index contributed by atoms with van der Waals surface area (Å²) < 4.78 is 11.0. The summed E-state index contributed by atoms with van der Waals surface area (Å²) >= 11 is 11.3. The Morgan fingerprint density at radius 1 is 1.25 bits per heavy atom. The SMILES string of the molecule is COc1cc2c(cc1OC)C(c1ccc([N+](=O)[O-])cc1)=NN(C(=S)Cl)[C@H](C)C2. The molecule has 0 aromatic heterocycles. The molecule has 7 nitrogen and oxygen atoms in total. The van der Waals surface area contributed by atoms with Crippen LogP contribution in [0.15, 0.2) is 41.5 Å². The predicted octanol–water partition coefficient (Wildman–Crippen LogP) is 4.13. The van der Waals surface area contributed by atoms with Crippen molar-refractivity contribution in [1.82, 2.24) is 5.01 Å². The monoisotopic (exact) mass is 419 g/mol. The minimum Gasteiger partial charge on any atom is -0.493 e. The smallest absolute Gasteiger partial charge is 0.269 e. The number of methoxy groups -OCH3 is 2. The van der Waals surface area contributed by atoms with E-state index in [9.17, 15) is 10.1 Å². The highest BCUT2D eigenvalue weighted by atomic mass is 35.5. The molecule has 0 bridgehead atoms. The zero-order valence-electron chi connectivity index (χ0n) is 15.5. The van der Waals surface area contributed by atoms with E-state index < -0.39 is 4.92 Å². The highest BCUT2D eigenvalue weighted by Crippen LogP contribution is 2.35. The molecule has 0 spiro atoms. The van der Waals surface area contributed by atoms with Crippen LogP contribution in [0.1, 0.15) is 23.6 Å². The molecule has 0 unspecified atom stereocenters. The lowest BCUT2D eigenvalue weighted by Crippen LogP contribution is -2.31. The number of non-ortho nitro benzene ring substituents is 1. The first-order valence-electron chi connectivity index (χ1n) is 8.43. The number of rotatable bonds is 4.